The van der Waals surface area contributed by atoms with E-state index in [-0.39, 0.29) is 30.1 Å². The topological polar surface area (TPSA) is 81.7 Å². The van der Waals surface area contributed by atoms with E-state index in [1.54, 1.807) is 29.2 Å². The van der Waals surface area contributed by atoms with Gasteiger partial charge in [0.25, 0.3) is 11.8 Å². The van der Waals surface area contributed by atoms with Crippen molar-refractivity contribution in [1.29, 1.82) is 0 Å². The third-order valence-corrected chi connectivity index (χ3v) is 6.72. The number of carbonyl (C=O) groups is 2. The number of carbonyl (C=O) groups excluding carboxylic acids is 2. The minimum atomic E-state index is -4.49. The van der Waals surface area contributed by atoms with E-state index >= 15 is 0 Å². The normalized spacial score (nSPS) is 12.9. The summed E-state index contributed by atoms with van der Waals surface area (Å²) in [5, 5.41) is 16.8. The molecule has 0 aliphatic carbocycles. The predicted octanol–water partition coefficient (Wildman–Crippen LogP) is 5.46. The van der Waals surface area contributed by atoms with Crippen molar-refractivity contribution >= 4 is 11.8 Å². The number of nitrogens with one attached hydrogen (secondary N) is 2. The van der Waals surface area contributed by atoms with Gasteiger partial charge in [0.1, 0.15) is 0 Å². The number of benzene rings is 3. The SMILES string of the molecule is CCCN(CCC)C(=O)c1cccc(C(=O)N[C@@H](Cc2ccccc2)[C@H](O)CNCc2ccccc2C(F)(F)F)c1. The lowest BCUT2D eigenvalue weighted by Crippen LogP contribution is -2.48. The first-order valence-electron chi connectivity index (χ1n) is 13.9. The van der Waals surface area contributed by atoms with Crippen LogP contribution in [0.2, 0.25) is 0 Å². The van der Waals surface area contributed by atoms with Crippen molar-refractivity contribution in [3.05, 3.63) is 107 Å². The van der Waals surface area contributed by atoms with Crippen molar-refractivity contribution < 1.29 is 27.9 Å². The van der Waals surface area contributed by atoms with Crippen molar-refractivity contribution in [1.82, 2.24) is 15.5 Å². The largest absolute Gasteiger partial charge is 0.416 e. The Bertz CT molecular complexity index is 1260. The van der Waals surface area contributed by atoms with Gasteiger partial charge in [0.05, 0.1) is 17.7 Å². The molecule has 6 nitrogen and oxygen atoms in total. The van der Waals surface area contributed by atoms with Crippen molar-refractivity contribution in [2.45, 2.75) is 58.0 Å². The number of amides is 2. The Kier molecular flexibility index (Phi) is 11.9. The average Bonchev–Trinajstić information content (AvgIpc) is 2.96. The molecule has 0 saturated carbocycles. The summed E-state index contributed by atoms with van der Waals surface area (Å²) in [5.74, 6) is -0.605. The molecule has 220 valence electrons. The predicted molar refractivity (Wildman–Crippen MR) is 153 cm³/mol. The molecule has 0 bridgehead atoms. The Morgan fingerprint density at radius 3 is 2.17 bits per heavy atom. The Balaban J connectivity index is 1.74. The fourth-order valence-corrected chi connectivity index (χ4v) is 4.68. The van der Waals surface area contributed by atoms with Crippen LogP contribution in [0.4, 0.5) is 13.2 Å². The first-order chi connectivity index (χ1) is 19.6. The molecule has 3 aromatic rings. The zero-order valence-corrected chi connectivity index (χ0v) is 23.5. The molecule has 0 aromatic heterocycles. The minimum absolute atomic E-state index is 0.0501. The maximum Gasteiger partial charge on any atom is 0.416 e. The van der Waals surface area contributed by atoms with Gasteiger partial charge in [-0.05, 0) is 54.7 Å². The lowest BCUT2D eigenvalue weighted by atomic mass is 10.00. The molecule has 41 heavy (non-hydrogen) atoms. The van der Waals surface area contributed by atoms with E-state index in [4.69, 9.17) is 0 Å². The van der Waals surface area contributed by atoms with Gasteiger partial charge in [0, 0.05) is 37.3 Å². The summed E-state index contributed by atoms with van der Waals surface area (Å²) < 4.78 is 40.1. The highest BCUT2D eigenvalue weighted by Crippen LogP contribution is 2.31. The van der Waals surface area contributed by atoms with E-state index in [9.17, 15) is 27.9 Å². The summed E-state index contributed by atoms with van der Waals surface area (Å²) in [6, 6.07) is 20.3. The van der Waals surface area contributed by atoms with Crippen molar-refractivity contribution in [2.24, 2.45) is 0 Å². The number of aliphatic hydroxyl groups is 1. The first kappa shape index (κ1) is 31.8. The second kappa shape index (κ2) is 15.3. The molecule has 0 aliphatic heterocycles. The van der Waals surface area contributed by atoms with Gasteiger partial charge < -0.3 is 20.6 Å². The van der Waals surface area contributed by atoms with Crippen LogP contribution in [0.15, 0.2) is 78.9 Å². The van der Waals surface area contributed by atoms with E-state index in [2.05, 4.69) is 10.6 Å². The minimum Gasteiger partial charge on any atom is -0.390 e. The van der Waals surface area contributed by atoms with Gasteiger partial charge in [-0.15, -0.1) is 0 Å². The zero-order valence-electron chi connectivity index (χ0n) is 23.5. The lowest BCUT2D eigenvalue weighted by Gasteiger charge is -2.25. The molecule has 0 fully saturated rings. The number of rotatable bonds is 14. The van der Waals surface area contributed by atoms with Crippen LogP contribution in [-0.2, 0) is 19.1 Å². The van der Waals surface area contributed by atoms with Crippen LogP contribution in [0.3, 0.4) is 0 Å². The highest BCUT2D eigenvalue weighted by atomic mass is 19.4. The summed E-state index contributed by atoms with van der Waals surface area (Å²) in [7, 11) is 0. The van der Waals surface area contributed by atoms with Crippen LogP contribution in [-0.4, -0.2) is 53.6 Å². The van der Waals surface area contributed by atoms with Gasteiger partial charge in [-0.1, -0.05) is 68.4 Å². The number of halogens is 3. The van der Waals surface area contributed by atoms with E-state index in [1.165, 1.54) is 18.2 Å². The molecule has 2 amide bonds. The molecule has 3 N–H and O–H groups in total. The fraction of sp³-hybridized carbons (Fsp3) is 0.375. The Morgan fingerprint density at radius 2 is 1.51 bits per heavy atom. The number of hydrogen-bond donors (Lipinski definition) is 3. The smallest absolute Gasteiger partial charge is 0.390 e. The number of alkyl halides is 3. The third-order valence-electron chi connectivity index (χ3n) is 6.72. The first-order valence-corrected chi connectivity index (χ1v) is 13.9. The van der Waals surface area contributed by atoms with E-state index in [0.29, 0.717) is 25.1 Å². The molecule has 3 aromatic carbocycles. The van der Waals surface area contributed by atoms with Crippen LogP contribution >= 0.6 is 0 Å². The monoisotopic (exact) mass is 569 g/mol. The molecule has 0 spiro atoms. The molecule has 0 saturated heterocycles. The maximum atomic E-state index is 13.4. The van der Waals surface area contributed by atoms with Gasteiger partial charge in [-0.3, -0.25) is 9.59 Å². The molecular weight excluding hydrogens is 531 g/mol. The van der Waals surface area contributed by atoms with Crippen LogP contribution in [0.5, 0.6) is 0 Å². The van der Waals surface area contributed by atoms with Crippen LogP contribution in [0, 0.1) is 0 Å². The third kappa shape index (κ3) is 9.43. The quantitative estimate of drug-likeness (QED) is 0.241. The van der Waals surface area contributed by atoms with Gasteiger partial charge >= 0.3 is 6.18 Å². The highest BCUT2D eigenvalue weighted by molar-refractivity contribution is 5.99. The second-order valence-corrected chi connectivity index (χ2v) is 10.00. The Labute approximate surface area is 239 Å². The molecule has 0 heterocycles. The number of nitrogens with zero attached hydrogens (tertiary/aromatic N) is 1. The summed E-state index contributed by atoms with van der Waals surface area (Å²) in [6.45, 7) is 5.09. The summed E-state index contributed by atoms with van der Waals surface area (Å²) in [5.41, 5.74) is 0.892. The molecule has 0 radical (unpaired) electrons. The standard InChI is InChI=1S/C32H38F3N3O3/c1-3-17-38(18-4-2)31(41)25-15-10-14-24(20-25)30(40)37-28(19-23-11-6-5-7-12-23)29(39)22-36-21-26-13-8-9-16-27(26)32(33,34)35/h5-16,20,28-29,36,39H,3-4,17-19,21-22H2,1-2H3,(H,37,40)/t28-,29+/m0/s1. The van der Waals surface area contributed by atoms with Crippen LogP contribution in [0.1, 0.15) is 64.1 Å². The molecule has 0 unspecified atom stereocenters. The molecular formula is C32H38F3N3O3. The van der Waals surface area contributed by atoms with Gasteiger partial charge in [0.2, 0.25) is 0 Å². The van der Waals surface area contributed by atoms with Gasteiger partial charge in [-0.2, -0.15) is 13.2 Å². The summed E-state index contributed by atoms with van der Waals surface area (Å²) in [6.07, 6.45) is -3.65. The lowest BCUT2D eigenvalue weighted by molar-refractivity contribution is -0.138. The van der Waals surface area contributed by atoms with Crippen molar-refractivity contribution in [3.8, 4) is 0 Å². The number of hydrogen-bond acceptors (Lipinski definition) is 4. The Morgan fingerprint density at radius 1 is 0.878 bits per heavy atom. The molecule has 2 atom stereocenters. The van der Waals surface area contributed by atoms with E-state index < -0.39 is 29.8 Å². The van der Waals surface area contributed by atoms with Crippen LogP contribution < -0.4 is 10.6 Å². The van der Waals surface area contributed by atoms with Crippen LogP contribution in [0.25, 0.3) is 0 Å². The van der Waals surface area contributed by atoms with Gasteiger partial charge in [0.15, 0.2) is 0 Å². The van der Waals surface area contributed by atoms with E-state index in [1.807, 2.05) is 44.2 Å². The highest BCUT2D eigenvalue weighted by Gasteiger charge is 2.33. The molecule has 0 aliphatic rings. The fourth-order valence-electron chi connectivity index (χ4n) is 4.68. The van der Waals surface area contributed by atoms with Crippen molar-refractivity contribution in [3.63, 3.8) is 0 Å². The molecule has 9 heteroatoms. The van der Waals surface area contributed by atoms with Gasteiger partial charge in [-0.25, -0.2) is 0 Å². The molecule has 3 rings (SSSR count). The second-order valence-electron chi connectivity index (χ2n) is 10.00. The van der Waals surface area contributed by atoms with Crippen molar-refractivity contribution in [2.75, 3.05) is 19.6 Å². The zero-order chi connectivity index (χ0) is 29.8. The Hall–Kier alpha value is -3.69. The summed E-state index contributed by atoms with van der Waals surface area (Å²) >= 11 is 0. The average molecular weight is 570 g/mol. The van der Waals surface area contributed by atoms with E-state index in [0.717, 1.165) is 24.5 Å². The summed E-state index contributed by atoms with van der Waals surface area (Å²) in [4.78, 5) is 28.1. The number of aliphatic hydroxyl groups excluding tert-OH is 1. The maximum absolute atomic E-state index is 13.4.